The molecule has 6 heteroatoms. The second kappa shape index (κ2) is 7.72. The zero-order chi connectivity index (χ0) is 18.8. The summed E-state index contributed by atoms with van der Waals surface area (Å²) in [6, 6.07) is 15.5. The number of nitrogens with one attached hydrogen (secondary N) is 1. The number of para-hydroxylation sites is 2. The Kier molecular flexibility index (Phi) is 5.16. The lowest BCUT2D eigenvalue weighted by molar-refractivity contribution is -0.122. The summed E-state index contributed by atoms with van der Waals surface area (Å²) in [5.74, 6) is -0.448. The van der Waals surface area contributed by atoms with E-state index in [-0.39, 0.29) is 24.2 Å². The van der Waals surface area contributed by atoms with Crippen LogP contribution in [0.25, 0.3) is 0 Å². The maximum Gasteiger partial charge on any atom is 0.229 e. The molecule has 27 heavy (non-hydrogen) atoms. The summed E-state index contributed by atoms with van der Waals surface area (Å²) in [5, 5.41) is 3.06. The number of halogens is 1. The van der Waals surface area contributed by atoms with E-state index >= 15 is 0 Å². The Morgan fingerprint density at radius 3 is 2.63 bits per heavy atom. The standard InChI is InChI=1S/C21H22BrN3O2/c22-16-6-5-7-17(13-16)25-14-15(12-20(25)26)21(27)23-18-8-1-2-9-19(18)24-10-3-4-11-24/h1-2,5-9,13,15H,3-4,10-12,14H2,(H,23,27). The fourth-order valence-electron chi connectivity index (χ4n) is 3.82. The fourth-order valence-corrected chi connectivity index (χ4v) is 4.21. The summed E-state index contributed by atoms with van der Waals surface area (Å²) >= 11 is 3.44. The van der Waals surface area contributed by atoms with Gasteiger partial charge in [0.1, 0.15) is 0 Å². The number of rotatable bonds is 4. The van der Waals surface area contributed by atoms with Gasteiger partial charge in [-0.1, -0.05) is 34.1 Å². The molecular weight excluding hydrogens is 406 g/mol. The number of benzene rings is 2. The number of carbonyl (C=O) groups is 2. The van der Waals surface area contributed by atoms with Crippen LogP contribution in [0.5, 0.6) is 0 Å². The van der Waals surface area contributed by atoms with E-state index in [1.54, 1.807) is 4.90 Å². The van der Waals surface area contributed by atoms with Gasteiger partial charge in [0.15, 0.2) is 0 Å². The van der Waals surface area contributed by atoms with Gasteiger partial charge < -0.3 is 15.1 Å². The fraction of sp³-hybridized carbons (Fsp3) is 0.333. The van der Waals surface area contributed by atoms with Gasteiger partial charge >= 0.3 is 0 Å². The summed E-state index contributed by atoms with van der Waals surface area (Å²) in [5.41, 5.74) is 2.72. The summed E-state index contributed by atoms with van der Waals surface area (Å²) < 4.78 is 0.917. The van der Waals surface area contributed by atoms with Crippen molar-refractivity contribution in [2.45, 2.75) is 19.3 Å². The molecule has 2 saturated heterocycles. The van der Waals surface area contributed by atoms with Crippen LogP contribution < -0.4 is 15.1 Å². The normalized spacial score (nSPS) is 19.6. The molecule has 0 saturated carbocycles. The number of anilines is 3. The third-order valence-electron chi connectivity index (χ3n) is 5.22. The monoisotopic (exact) mass is 427 g/mol. The van der Waals surface area contributed by atoms with Gasteiger partial charge in [-0.25, -0.2) is 0 Å². The molecule has 0 aliphatic carbocycles. The lowest BCUT2D eigenvalue weighted by Crippen LogP contribution is -2.29. The van der Waals surface area contributed by atoms with E-state index in [9.17, 15) is 9.59 Å². The average Bonchev–Trinajstić information content (AvgIpc) is 3.32. The zero-order valence-electron chi connectivity index (χ0n) is 15.0. The lowest BCUT2D eigenvalue weighted by atomic mass is 10.1. The average molecular weight is 428 g/mol. The van der Waals surface area contributed by atoms with E-state index in [1.165, 1.54) is 12.8 Å². The highest BCUT2D eigenvalue weighted by molar-refractivity contribution is 9.10. The van der Waals surface area contributed by atoms with Crippen LogP contribution in [0.1, 0.15) is 19.3 Å². The van der Waals surface area contributed by atoms with E-state index in [1.807, 2.05) is 42.5 Å². The maximum atomic E-state index is 12.9. The Hall–Kier alpha value is -2.34. The van der Waals surface area contributed by atoms with Gasteiger partial charge in [-0.05, 0) is 43.2 Å². The van der Waals surface area contributed by atoms with Crippen LogP contribution in [0.15, 0.2) is 53.0 Å². The minimum atomic E-state index is -0.344. The smallest absolute Gasteiger partial charge is 0.229 e. The maximum absolute atomic E-state index is 12.9. The number of carbonyl (C=O) groups excluding carboxylic acids is 2. The highest BCUT2D eigenvalue weighted by Gasteiger charge is 2.35. The first kappa shape index (κ1) is 18.0. The van der Waals surface area contributed by atoms with Crippen molar-refractivity contribution in [2.75, 3.05) is 34.8 Å². The van der Waals surface area contributed by atoms with Crippen LogP contribution in [-0.2, 0) is 9.59 Å². The summed E-state index contributed by atoms with van der Waals surface area (Å²) in [4.78, 5) is 29.3. The van der Waals surface area contributed by atoms with Crippen molar-refractivity contribution in [3.63, 3.8) is 0 Å². The third-order valence-corrected chi connectivity index (χ3v) is 5.72. The van der Waals surface area contributed by atoms with E-state index in [0.29, 0.717) is 6.54 Å². The molecule has 2 aromatic rings. The van der Waals surface area contributed by atoms with E-state index in [2.05, 4.69) is 32.2 Å². The Labute approximate surface area is 167 Å². The van der Waals surface area contributed by atoms with Crippen LogP contribution in [0.3, 0.4) is 0 Å². The van der Waals surface area contributed by atoms with Gasteiger partial charge in [0, 0.05) is 36.2 Å². The van der Waals surface area contributed by atoms with Crippen LogP contribution in [0, 0.1) is 5.92 Å². The largest absolute Gasteiger partial charge is 0.370 e. The predicted octanol–water partition coefficient (Wildman–Crippen LogP) is 4.04. The molecule has 2 heterocycles. The molecule has 0 aromatic heterocycles. The number of amides is 2. The lowest BCUT2D eigenvalue weighted by Gasteiger charge is -2.22. The first-order valence-electron chi connectivity index (χ1n) is 9.32. The minimum absolute atomic E-state index is 0.0129. The van der Waals surface area contributed by atoms with Crippen molar-refractivity contribution in [1.29, 1.82) is 0 Å². The van der Waals surface area contributed by atoms with E-state index < -0.39 is 0 Å². The Bertz CT molecular complexity index is 864. The molecule has 0 spiro atoms. The van der Waals surface area contributed by atoms with Crippen LogP contribution >= 0.6 is 15.9 Å². The molecule has 0 radical (unpaired) electrons. The van der Waals surface area contributed by atoms with Crippen LogP contribution in [0.2, 0.25) is 0 Å². The summed E-state index contributed by atoms with van der Waals surface area (Å²) in [6.07, 6.45) is 2.60. The van der Waals surface area contributed by atoms with Crippen LogP contribution in [-0.4, -0.2) is 31.4 Å². The third kappa shape index (κ3) is 3.86. The van der Waals surface area contributed by atoms with Gasteiger partial charge in [-0.3, -0.25) is 9.59 Å². The number of hydrogen-bond donors (Lipinski definition) is 1. The first-order valence-corrected chi connectivity index (χ1v) is 10.1. The topological polar surface area (TPSA) is 52.7 Å². The minimum Gasteiger partial charge on any atom is -0.370 e. The molecule has 1 unspecified atom stereocenters. The summed E-state index contributed by atoms with van der Waals surface area (Å²) in [7, 11) is 0. The molecule has 4 rings (SSSR count). The van der Waals surface area contributed by atoms with Gasteiger partial charge in [0.2, 0.25) is 11.8 Å². The van der Waals surface area contributed by atoms with Gasteiger partial charge in [-0.15, -0.1) is 0 Å². The Balaban J connectivity index is 1.47. The highest BCUT2D eigenvalue weighted by atomic mass is 79.9. The second-order valence-electron chi connectivity index (χ2n) is 7.09. The van der Waals surface area contributed by atoms with E-state index in [0.717, 1.165) is 34.6 Å². The van der Waals surface area contributed by atoms with Crippen molar-refractivity contribution in [3.05, 3.63) is 53.0 Å². The highest BCUT2D eigenvalue weighted by Crippen LogP contribution is 2.31. The molecule has 2 aromatic carbocycles. The molecule has 140 valence electrons. The number of hydrogen-bond acceptors (Lipinski definition) is 3. The first-order chi connectivity index (χ1) is 13.1. The molecule has 2 fully saturated rings. The van der Waals surface area contributed by atoms with Crippen molar-refractivity contribution >= 4 is 44.8 Å². The quantitative estimate of drug-likeness (QED) is 0.800. The molecule has 1 N–H and O–H groups in total. The Morgan fingerprint density at radius 1 is 1.07 bits per heavy atom. The zero-order valence-corrected chi connectivity index (χ0v) is 16.6. The summed E-state index contributed by atoms with van der Waals surface area (Å²) in [6.45, 7) is 2.45. The molecule has 2 aliphatic heterocycles. The van der Waals surface area contributed by atoms with Crippen molar-refractivity contribution in [1.82, 2.24) is 0 Å². The van der Waals surface area contributed by atoms with E-state index in [4.69, 9.17) is 0 Å². The Morgan fingerprint density at radius 2 is 1.85 bits per heavy atom. The predicted molar refractivity (Wildman–Crippen MR) is 111 cm³/mol. The van der Waals surface area contributed by atoms with Gasteiger partial charge in [0.25, 0.3) is 0 Å². The molecule has 1 atom stereocenters. The second-order valence-corrected chi connectivity index (χ2v) is 8.00. The molecule has 0 bridgehead atoms. The molecular formula is C21H22BrN3O2. The van der Waals surface area contributed by atoms with Gasteiger partial charge in [0.05, 0.1) is 17.3 Å². The van der Waals surface area contributed by atoms with Crippen LogP contribution in [0.4, 0.5) is 17.1 Å². The number of nitrogens with zero attached hydrogens (tertiary/aromatic N) is 2. The van der Waals surface area contributed by atoms with Crippen molar-refractivity contribution in [3.8, 4) is 0 Å². The van der Waals surface area contributed by atoms with Crippen molar-refractivity contribution in [2.24, 2.45) is 5.92 Å². The molecule has 5 nitrogen and oxygen atoms in total. The molecule has 2 amide bonds. The van der Waals surface area contributed by atoms with Gasteiger partial charge in [-0.2, -0.15) is 0 Å². The molecule has 2 aliphatic rings. The SMILES string of the molecule is O=C(Nc1ccccc1N1CCCC1)C1CC(=O)N(c2cccc(Br)c2)C1. The van der Waals surface area contributed by atoms with Crippen molar-refractivity contribution < 1.29 is 9.59 Å².